The van der Waals surface area contributed by atoms with Crippen molar-refractivity contribution >= 4 is 38.6 Å². The Hall–Kier alpha value is -2.64. The van der Waals surface area contributed by atoms with Crippen molar-refractivity contribution in [2.75, 3.05) is 10.0 Å². The van der Waals surface area contributed by atoms with E-state index in [0.717, 1.165) is 16.9 Å². The number of sulfonamides is 1. The van der Waals surface area contributed by atoms with Crippen LogP contribution in [0.4, 0.5) is 11.4 Å². The number of carbonyl (C=O) groups excluding carboxylic acids is 1. The standard InChI is InChI=1S/C18H16N2O3S2/c1-13-6-5-9-15(10-13)20-25(22,23)16-11-17(24-12-16)18(21)19-14-7-3-2-4-8-14/h2-12,20H,1H3,(H,19,21). The molecule has 0 aliphatic carbocycles. The second-order valence-electron chi connectivity index (χ2n) is 5.44. The van der Waals surface area contributed by atoms with Crippen LogP contribution in [-0.2, 0) is 10.0 Å². The predicted octanol–water partition coefficient (Wildman–Crippen LogP) is 4.11. The molecule has 1 amide bonds. The van der Waals surface area contributed by atoms with Crippen molar-refractivity contribution in [2.45, 2.75) is 11.8 Å². The Bertz CT molecular complexity index is 996. The van der Waals surface area contributed by atoms with Gasteiger partial charge in [0.25, 0.3) is 15.9 Å². The lowest BCUT2D eigenvalue weighted by atomic mass is 10.2. The highest BCUT2D eigenvalue weighted by atomic mass is 32.2. The van der Waals surface area contributed by atoms with E-state index in [0.29, 0.717) is 16.3 Å². The third-order valence-electron chi connectivity index (χ3n) is 3.41. The Kier molecular flexibility index (Phi) is 4.87. The van der Waals surface area contributed by atoms with Crippen molar-refractivity contribution in [3.63, 3.8) is 0 Å². The average molecular weight is 372 g/mol. The van der Waals surface area contributed by atoms with Gasteiger partial charge >= 0.3 is 0 Å². The second-order valence-corrected chi connectivity index (χ2v) is 8.04. The van der Waals surface area contributed by atoms with Gasteiger partial charge in [-0.25, -0.2) is 8.42 Å². The van der Waals surface area contributed by atoms with Crippen LogP contribution in [-0.4, -0.2) is 14.3 Å². The summed E-state index contributed by atoms with van der Waals surface area (Å²) >= 11 is 1.09. The van der Waals surface area contributed by atoms with Crippen molar-refractivity contribution in [2.24, 2.45) is 0 Å². The molecule has 0 radical (unpaired) electrons. The monoisotopic (exact) mass is 372 g/mol. The first-order chi connectivity index (χ1) is 11.9. The Morgan fingerprint density at radius 3 is 2.40 bits per heavy atom. The average Bonchev–Trinajstić information content (AvgIpc) is 3.06. The lowest BCUT2D eigenvalue weighted by Gasteiger charge is -2.07. The van der Waals surface area contributed by atoms with Gasteiger partial charge in [-0.3, -0.25) is 9.52 Å². The van der Waals surface area contributed by atoms with E-state index in [9.17, 15) is 13.2 Å². The number of benzene rings is 2. The van der Waals surface area contributed by atoms with E-state index in [1.165, 1.54) is 11.4 Å². The summed E-state index contributed by atoms with van der Waals surface area (Å²) in [7, 11) is -3.74. The number of anilines is 2. The predicted molar refractivity (Wildman–Crippen MR) is 101 cm³/mol. The largest absolute Gasteiger partial charge is 0.321 e. The molecule has 0 aliphatic rings. The summed E-state index contributed by atoms with van der Waals surface area (Å²) in [5, 5.41) is 4.19. The molecule has 128 valence electrons. The summed E-state index contributed by atoms with van der Waals surface area (Å²) in [5.41, 5.74) is 2.10. The van der Waals surface area contributed by atoms with Gasteiger partial charge in [-0.05, 0) is 42.8 Å². The third kappa shape index (κ3) is 4.26. The topological polar surface area (TPSA) is 75.3 Å². The van der Waals surface area contributed by atoms with Crippen LogP contribution in [0.1, 0.15) is 15.2 Å². The molecule has 1 aromatic heterocycles. The summed E-state index contributed by atoms with van der Waals surface area (Å²) in [4.78, 5) is 12.6. The van der Waals surface area contributed by atoms with Crippen molar-refractivity contribution in [3.05, 3.63) is 76.5 Å². The van der Waals surface area contributed by atoms with Crippen molar-refractivity contribution in [3.8, 4) is 0 Å². The maximum absolute atomic E-state index is 12.5. The molecule has 0 atom stereocenters. The van der Waals surface area contributed by atoms with Gasteiger partial charge in [-0.2, -0.15) is 0 Å². The van der Waals surface area contributed by atoms with E-state index in [4.69, 9.17) is 0 Å². The van der Waals surface area contributed by atoms with Gasteiger partial charge in [-0.15, -0.1) is 11.3 Å². The number of aryl methyl sites for hydroxylation is 1. The highest BCUT2D eigenvalue weighted by molar-refractivity contribution is 7.92. The van der Waals surface area contributed by atoms with Gasteiger partial charge < -0.3 is 5.32 Å². The molecule has 25 heavy (non-hydrogen) atoms. The first-order valence-electron chi connectivity index (χ1n) is 7.48. The fourth-order valence-corrected chi connectivity index (χ4v) is 4.43. The van der Waals surface area contributed by atoms with E-state index >= 15 is 0 Å². The Balaban J connectivity index is 1.77. The number of rotatable bonds is 5. The maximum Gasteiger partial charge on any atom is 0.265 e. The minimum absolute atomic E-state index is 0.0669. The molecular weight excluding hydrogens is 356 g/mol. The first-order valence-corrected chi connectivity index (χ1v) is 9.85. The number of hydrogen-bond acceptors (Lipinski definition) is 4. The summed E-state index contributed by atoms with van der Waals surface area (Å²) in [5.74, 6) is -0.340. The minimum atomic E-state index is -3.74. The molecule has 0 spiro atoms. The molecule has 0 saturated carbocycles. The van der Waals surface area contributed by atoms with E-state index in [1.807, 2.05) is 31.2 Å². The molecule has 0 saturated heterocycles. The molecular formula is C18H16N2O3S2. The van der Waals surface area contributed by atoms with E-state index < -0.39 is 10.0 Å². The lowest BCUT2D eigenvalue weighted by Crippen LogP contribution is -2.13. The fraction of sp³-hybridized carbons (Fsp3) is 0.0556. The fourth-order valence-electron chi connectivity index (χ4n) is 2.22. The van der Waals surface area contributed by atoms with E-state index in [2.05, 4.69) is 10.0 Å². The highest BCUT2D eigenvalue weighted by Crippen LogP contribution is 2.23. The van der Waals surface area contributed by atoms with Crippen LogP contribution >= 0.6 is 11.3 Å². The first kappa shape index (κ1) is 17.2. The molecule has 1 heterocycles. The van der Waals surface area contributed by atoms with Gasteiger partial charge in [0.1, 0.15) is 0 Å². The molecule has 2 aromatic carbocycles. The molecule has 7 heteroatoms. The van der Waals surface area contributed by atoms with Crippen LogP contribution in [0.25, 0.3) is 0 Å². The number of carbonyl (C=O) groups is 1. The maximum atomic E-state index is 12.5. The second kappa shape index (κ2) is 7.08. The third-order valence-corrected chi connectivity index (χ3v) is 5.85. The van der Waals surface area contributed by atoms with Gasteiger partial charge in [0.15, 0.2) is 0 Å². The molecule has 3 aromatic rings. The summed E-state index contributed by atoms with van der Waals surface area (Å²) < 4.78 is 27.5. The Labute approximate surface area is 150 Å². The summed E-state index contributed by atoms with van der Waals surface area (Å²) in [6.45, 7) is 1.88. The van der Waals surface area contributed by atoms with Gasteiger partial charge in [0, 0.05) is 16.8 Å². The van der Waals surface area contributed by atoms with Crippen LogP contribution < -0.4 is 10.0 Å². The van der Waals surface area contributed by atoms with Crippen LogP contribution in [0, 0.1) is 6.92 Å². The lowest BCUT2D eigenvalue weighted by molar-refractivity contribution is 0.103. The van der Waals surface area contributed by atoms with Crippen LogP contribution in [0.15, 0.2) is 70.9 Å². The highest BCUT2D eigenvalue weighted by Gasteiger charge is 2.19. The van der Waals surface area contributed by atoms with Crippen LogP contribution in [0.5, 0.6) is 0 Å². The molecule has 5 nitrogen and oxygen atoms in total. The zero-order chi connectivity index (χ0) is 17.9. The molecule has 0 aliphatic heterocycles. The number of hydrogen-bond donors (Lipinski definition) is 2. The number of para-hydroxylation sites is 1. The smallest absolute Gasteiger partial charge is 0.265 e. The van der Waals surface area contributed by atoms with Crippen molar-refractivity contribution in [1.82, 2.24) is 0 Å². The van der Waals surface area contributed by atoms with Gasteiger partial charge in [-0.1, -0.05) is 30.3 Å². The molecule has 0 bridgehead atoms. The summed E-state index contributed by atoms with van der Waals surface area (Å²) in [6.07, 6.45) is 0. The van der Waals surface area contributed by atoms with Gasteiger partial charge in [0.05, 0.1) is 9.77 Å². The Morgan fingerprint density at radius 2 is 1.68 bits per heavy atom. The minimum Gasteiger partial charge on any atom is -0.321 e. The van der Waals surface area contributed by atoms with Gasteiger partial charge in [0.2, 0.25) is 0 Å². The zero-order valence-electron chi connectivity index (χ0n) is 13.4. The van der Waals surface area contributed by atoms with Crippen LogP contribution in [0.2, 0.25) is 0 Å². The van der Waals surface area contributed by atoms with E-state index in [-0.39, 0.29) is 10.8 Å². The Morgan fingerprint density at radius 1 is 0.960 bits per heavy atom. The zero-order valence-corrected chi connectivity index (χ0v) is 15.0. The number of nitrogens with one attached hydrogen (secondary N) is 2. The number of amides is 1. The van der Waals surface area contributed by atoms with E-state index in [1.54, 1.807) is 30.3 Å². The summed E-state index contributed by atoms with van der Waals surface area (Å²) in [6, 6.07) is 17.5. The van der Waals surface area contributed by atoms with Crippen molar-refractivity contribution in [1.29, 1.82) is 0 Å². The molecule has 3 rings (SSSR count). The molecule has 0 unspecified atom stereocenters. The van der Waals surface area contributed by atoms with Crippen LogP contribution in [0.3, 0.4) is 0 Å². The molecule has 2 N–H and O–H groups in total. The SMILES string of the molecule is Cc1cccc(NS(=O)(=O)c2csc(C(=O)Nc3ccccc3)c2)c1. The number of thiophene rings is 1. The quantitative estimate of drug-likeness (QED) is 0.708. The normalized spacial score (nSPS) is 11.1. The molecule has 0 fully saturated rings. The van der Waals surface area contributed by atoms with Crippen molar-refractivity contribution < 1.29 is 13.2 Å².